The molecule has 0 spiro atoms. The van der Waals surface area contributed by atoms with Crippen molar-refractivity contribution in [1.82, 2.24) is 0 Å². The third-order valence-corrected chi connectivity index (χ3v) is 2.85. The molecule has 0 saturated heterocycles. The van der Waals surface area contributed by atoms with Gasteiger partial charge in [0.15, 0.2) is 0 Å². The summed E-state index contributed by atoms with van der Waals surface area (Å²) in [5, 5.41) is 8.71. The van der Waals surface area contributed by atoms with E-state index in [4.69, 9.17) is 5.11 Å². The van der Waals surface area contributed by atoms with E-state index in [1.807, 2.05) is 0 Å². The molecule has 1 N–H and O–H groups in total. The highest BCUT2D eigenvalue weighted by Gasteiger charge is 2.28. The minimum Gasteiger partial charge on any atom is -0.475 e. The zero-order chi connectivity index (χ0) is 12.6. The van der Waals surface area contributed by atoms with Gasteiger partial charge in [-0.2, -0.15) is 0 Å². The Bertz CT molecular complexity index is 521. The van der Waals surface area contributed by atoms with Crippen LogP contribution in [0.2, 0.25) is 0 Å². The number of carbonyl (C=O) groups excluding carboxylic acids is 2. The Kier molecular flexibility index (Phi) is 2.67. The third-order valence-electron chi connectivity index (χ3n) is 2.85. The maximum Gasteiger partial charge on any atom is 0.377 e. The van der Waals surface area contributed by atoms with Crippen LogP contribution >= 0.6 is 0 Å². The Hall–Kier alpha value is -2.17. The average molecular weight is 233 g/mol. The van der Waals surface area contributed by atoms with Gasteiger partial charge >= 0.3 is 5.97 Å². The molecule has 1 aliphatic rings. The number of carbonyl (C=O) groups is 3. The minimum absolute atomic E-state index is 0.108. The molecule has 1 aromatic rings. The average Bonchev–Trinajstić information content (AvgIpc) is 2.71. The van der Waals surface area contributed by atoms with Gasteiger partial charge in [0.2, 0.25) is 5.91 Å². The molecule has 5 nitrogen and oxygen atoms in total. The van der Waals surface area contributed by atoms with Crippen LogP contribution in [0.25, 0.3) is 0 Å². The van der Waals surface area contributed by atoms with Gasteiger partial charge in [-0.1, -0.05) is 12.1 Å². The third kappa shape index (κ3) is 1.80. The fourth-order valence-electron chi connectivity index (χ4n) is 2.09. The number of benzene rings is 1. The Labute approximate surface area is 97.7 Å². The molecule has 0 aliphatic carbocycles. The smallest absolute Gasteiger partial charge is 0.377 e. The van der Waals surface area contributed by atoms with Crippen molar-refractivity contribution >= 4 is 23.3 Å². The first-order valence-electron chi connectivity index (χ1n) is 5.20. The van der Waals surface area contributed by atoms with E-state index < -0.39 is 11.8 Å². The van der Waals surface area contributed by atoms with Crippen LogP contribution in [0, 0.1) is 0 Å². The number of anilines is 1. The van der Waals surface area contributed by atoms with Crippen molar-refractivity contribution in [2.45, 2.75) is 13.3 Å². The summed E-state index contributed by atoms with van der Waals surface area (Å²) in [6.45, 7) is 1.94. The highest BCUT2D eigenvalue weighted by molar-refractivity contribution is 6.40. The number of Topliss-reactive ketones (excluding diaryl/α,β-unsaturated/α-hetero) is 1. The minimum atomic E-state index is -1.47. The predicted octanol–water partition coefficient (Wildman–Crippen LogP) is 0.863. The summed E-state index contributed by atoms with van der Waals surface area (Å²) >= 11 is 0. The lowest BCUT2D eigenvalue weighted by atomic mass is 10.0. The molecular weight excluding hydrogens is 222 g/mol. The van der Waals surface area contributed by atoms with E-state index in [9.17, 15) is 14.4 Å². The van der Waals surface area contributed by atoms with Gasteiger partial charge in [-0.15, -0.1) is 0 Å². The van der Waals surface area contributed by atoms with Crippen molar-refractivity contribution in [3.63, 3.8) is 0 Å². The molecule has 5 heteroatoms. The molecule has 0 fully saturated rings. The summed E-state index contributed by atoms with van der Waals surface area (Å²) in [4.78, 5) is 35.1. The number of amides is 1. The van der Waals surface area contributed by atoms with Crippen molar-refractivity contribution in [3.8, 4) is 0 Å². The number of hydrogen-bond acceptors (Lipinski definition) is 3. The topological polar surface area (TPSA) is 74.7 Å². The number of carboxylic acid groups (broad SMARTS) is 1. The SMILES string of the molecule is CC(=O)N1CCc2c(C(=O)C(=O)O)cccc21. The van der Waals surface area contributed by atoms with Crippen LogP contribution in [0.1, 0.15) is 22.8 Å². The molecule has 1 heterocycles. The number of ketones is 1. The molecular formula is C12H11NO4. The van der Waals surface area contributed by atoms with Gasteiger partial charge in [0.1, 0.15) is 0 Å². The Morgan fingerprint density at radius 1 is 1.29 bits per heavy atom. The number of nitrogens with zero attached hydrogens (tertiary/aromatic N) is 1. The van der Waals surface area contributed by atoms with Gasteiger partial charge in [0.05, 0.1) is 0 Å². The second kappa shape index (κ2) is 4.01. The fraction of sp³-hybridized carbons (Fsp3) is 0.250. The summed E-state index contributed by atoms with van der Waals surface area (Å²) in [6.07, 6.45) is 0.518. The van der Waals surface area contributed by atoms with E-state index in [1.165, 1.54) is 13.0 Å². The van der Waals surface area contributed by atoms with E-state index in [0.717, 1.165) is 0 Å². The molecule has 0 radical (unpaired) electrons. The lowest BCUT2D eigenvalue weighted by molar-refractivity contribution is -0.131. The first-order valence-corrected chi connectivity index (χ1v) is 5.20. The molecule has 0 atom stereocenters. The zero-order valence-corrected chi connectivity index (χ0v) is 9.27. The molecule has 88 valence electrons. The maximum absolute atomic E-state index is 11.5. The normalized spacial score (nSPS) is 13.4. The number of fused-ring (bicyclic) bond motifs is 1. The first-order chi connectivity index (χ1) is 8.02. The Morgan fingerprint density at radius 2 is 2.00 bits per heavy atom. The van der Waals surface area contributed by atoms with E-state index in [-0.39, 0.29) is 11.5 Å². The summed E-state index contributed by atoms with van der Waals surface area (Å²) in [7, 11) is 0. The van der Waals surface area contributed by atoms with Crippen LogP contribution in [0.3, 0.4) is 0 Å². The highest BCUT2D eigenvalue weighted by atomic mass is 16.4. The van der Waals surface area contributed by atoms with E-state index in [0.29, 0.717) is 24.2 Å². The number of carboxylic acids is 1. The zero-order valence-electron chi connectivity index (χ0n) is 9.27. The van der Waals surface area contributed by atoms with Crippen LogP contribution in [-0.4, -0.2) is 29.3 Å². The molecule has 1 aromatic carbocycles. The quantitative estimate of drug-likeness (QED) is 0.607. The number of hydrogen-bond donors (Lipinski definition) is 1. The van der Waals surface area contributed by atoms with Crippen LogP contribution in [-0.2, 0) is 16.0 Å². The molecule has 0 bridgehead atoms. The largest absolute Gasteiger partial charge is 0.475 e. The summed E-state index contributed by atoms with van der Waals surface area (Å²) in [6, 6.07) is 4.80. The van der Waals surface area contributed by atoms with E-state index >= 15 is 0 Å². The van der Waals surface area contributed by atoms with Gasteiger partial charge < -0.3 is 10.0 Å². The highest BCUT2D eigenvalue weighted by Crippen LogP contribution is 2.30. The van der Waals surface area contributed by atoms with Gasteiger partial charge in [0, 0.05) is 24.7 Å². The molecule has 2 rings (SSSR count). The van der Waals surface area contributed by atoms with Crippen molar-refractivity contribution in [3.05, 3.63) is 29.3 Å². The second-order valence-corrected chi connectivity index (χ2v) is 3.86. The monoisotopic (exact) mass is 233 g/mol. The Balaban J connectivity index is 2.50. The van der Waals surface area contributed by atoms with Crippen molar-refractivity contribution in [2.24, 2.45) is 0 Å². The van der Waals surface area contributed by atoms with Crippen molar-refractivity contribution < 1.29 is 19.5 Å². The van der Waals surface area contributed by atoms with Crippen LogP contribution in [0.5, 0.6) is 0 Å². The molecule has 17 heavy (non-hydrogen) atoms. The molecule has 0 aromatic heterocycles. The van der Waals surface area contributed by atoms with Crippen LogP contribution in [0.15, 0.2) is 18.2 Å². The van der Waals surface area contributed by atoms with Gasteiger partial charge in [-0.05, 0) is 18.1 Å². The van der Waals surface area contributed by atoms with Gasteiger partial charge in [-0.25, -0.2) is 4.79 Å². The molecule has 0 unspecified atom stereocenters. The van der Waals surface area contributed by atoms with Crippen molar-refractivity contribution in [2.75, 3.05) is 11.4 Å². The predicted molar refractivity (Wildman–Crippen MR) is 60.1 cm³/mol. The van der Waals surface area contributed by atoms with E-state index in [1.54, 1.807) is 17.0 Å². The molecule has 1 aliphatic heterocycles. The van der Waals surface area contributed by atoms with Gasteiger partial charge in [0.25, 0.3) is 5.78 Å². The van der Waals surface area contributed by atoms with E-state index in [2.05, 4.69) is 0 Å². The summed E-state index contributed by atoms with van der Waals surface area (Å²) < 4.78 is 0. The molecule has 1 amide bonds. The number of rotatable bonds is 2. The summed E-state index contributed by atoms with van der Waals surface area (Å²) in [5.74, 6) is -2.50. The number of aliphatic carboxylic acids is 1. The van der Waals surface area contributed by atoms with Crippen LogP contribution < -0.4 is 4.90 Å². The molecule has 0 saturated carbocycles. The maximum atomic E-state index is 11.5. The lowest BCUT2D eigenvalue weighted by Crippen LogP contribution is -2.25. The Morgan fingerprint density at radius 3 is 2.59 bits per heavy atom. The lowest BCUT2D eigenvalue weighted by Gasteiger charge is -2.14. The standard InChI is InChI=1S/C12H11NO4/c1-7(14)13-6-5-8-9(11(15)12(16)17)3-2-4-10(8)13/h2-4H,5-6H2,1H3,(H,16,17). The fourth-order valence-corrected chi connectivity index (χ4v) is 2.09. The van der Waals surface area contributed by atoms with Crippen molar-refractivity contribution in [1.29, 1.82) is 0 Å². The first kappa shape index (κ1) is 11.3. The van der Waals surface area contributed by atoms with Crippen LogP contribution in [0.4, 0.5) is 5.69 Å². The summed E-state index contributed by atoms with van der Waals surface area (Å²) in [5.41, 5.74) is 1.47. The van der Waals surface area contributed by atoms with Gasteiger partial charge in [-0.3, -0.25) is 9.59 Å². The second-order valence-electron chi connectivity index (χ2n) is 3.86.